The van der Waals surface area contributed by atoms with Crippen LogP contribution in [0.1, 0.15) is 12.6 Å². The highest BCUT2D eigenvalue weighted by atomic mass is 32.2. The fourth-order valence-corrected chi connectivity index (χ4v) is 3.06. The standard InChI is InChI=1S/C10H13N5O2S2/c1-5-4-7(17-15-5)12-8(16)6(2)18-10-14-13-9(11-3)19-10/h4,6H,1-3H3,(H,11,13)(H,12,16). The average Bonchev–Trinajstić information content (AvgIpc) is 2.98. The SMILES string of the molecule is CNc1nnc(SC(C)C(=O)Nc2cc(C)no2)s1. The minimum absolute atomic E-state index is 0.164. The van der Waals surface area contributed by atoms with Gasteiger partial charge in [-0.05, 0) is 13.8 Å². The molecular formula is C10H13N5O2S2. The van der Waals surface area contributed by atoms with Gasteiger partial charge in [-0.1, -0.05) is 28.3 Å². The van der Waals surface area contributed by atoms with Crippen molar-refractivity contribution in [1.29, 1.82) is 0 Å². The molecule has 1 atom stereocenters. The largest absolute Gasteiger partial charge is 0.363 e. The van der Waals surface area contributed by atoms with Crippen molar-refractivity contribution in [3.8, 4) is 0 Å². The van der Waals surface area contributed by atoms with Crippen LogP contribution in [0.3, 0.4) is 0 Å². The molecule has 0 fully saturated rings. The van der Waals surface area contributed by atoms with Crippen molar-refractivity contribution in [1.82, 2.24) is 15.4 Å². The third-order valence-electron chi connectivity index (χ3n) is 2.14. The Bertz CT molecular complexity index is 568. The van der Waals surface area contributed by atoms with Gasteiger partial charge in [0.05, 0.1) is 10.9 Å². The van der Waals surface area contributed by atoms with Crippen molar-refractivity contribution in [3.63, 3.8) is 0 Å². The maximum atomic E-state index is 11.9. The molecule has 9 heteroatoms. The van der Waals surface area contributed by atoms with Gasteiger partial charge in [-0.15, -0.1) is 10.2 Å². The number of anilines is 2. The van der Waals surface area contributed by atoms with E-state index in [-0.39, 0.29) is 11.2 Å². The van der Waals surface area contributed by atoms with Crippen LogP contribution in [0.25, 0.3) is 0 Å². The molecule has 2 heterocycles. The third-order valence-corrected chi connectivity index (χ3v) is 4.27. The predicted molar refractivity (Wildman–Crippen MR) is 74.6 cm³/mol. The van der Waals surface area contributed by atoms with Gasteiger partial charge in [0.15, 0.2) is 4.34 Å². The van der Waals surface area contributed by atoms with Crippen LogP contribution in [-0.4, -0.2) is 33.6 Å². The number of nitrogens with one attached hydrogen (secondary N) is 2. The van der Waals surface area contributed by atoms with E-state index < -0.39 is 0 Å². The van der Waals surface area contributed by atoms with Crippen LogP contribution >= 0.6 is 23.1 Å². The van der Waals surface area contributed by atoms with E-state index in [1.165, 1.54) is 23.1 Å². The fourth-order valence-electron chi connectivity index (χ4n) is 1.21. The lowest BCUT2D eigenvalue weighted by molar-refractivity contribution is -0.115. The predicted octanol–water partition coefficient (Wildman–Crippen LogP) is 2.00. The zero-order valence-electron chi connectivity index (χ0n) is 10.6. The van der Waals surface area contributed by atoms with Crippen molar-refractivity contribution in [2.24, 2.45) is 0 Å². The lowest BCUT2D eigenvalue weighted by Crippen LogP contribution is -2.22. The smallest absolute Gasteiger partial charge is 0.240 e. The van der Waals surface area contributed by atoms with E-state index in [0.717, 1.165) is 15.2 Å². The number of nitrogens with zero attached hydrogens (tertiary/aromatic N) is 3. The highest BCUT2D eigenvalue weighted by molar-refractivity contribution is 8.02. The number of carbonyl (C=O) groups excluding carboxylic acids is 1. The molecule has 0 aliphatic rings. The van der Waals surface area contributed by atoms with Crippen molar-refractivity contribution in [2.75, 3.05) is 17.7 Å². The average molecular weight is 299 g/mol. The number of carbonyl (C=O) groups is 1. The normalized spacial score (nSPS) is 12.2. The molecule has 0 spiro atoms. The number of thioether (sulfide) groups is 1. The minimum Gasteiger partial charge on any atom is -0.363 e. The molecule has 0 aliphatic carbocycles. The first-order valence-corrected chi connectivity index (χ1v) is 7.20. The van der Waals surface area contributed by atoms with E-state index in [1.807, 2.05) is 0 Å². The number of rotatable bonds is 5. The highest BCUT2D eigenvalue weighted by Gasteiger charge is 2.18. The third kappa shape index (κ3) is 3.67. The summed E-state index contributed by atoms with van der Waals surface area (Å²) in [6, 6.07) is 1.67. The molecule has 2 aromatic rings. The summed E-state index contributed by atoms with van der Waals surface area (Å²) in [7, 11) is 1.78. The van der Waals surface area contributed by atoms with E-state index in [1.54, 1.807) is 27.0 Å². The van der Waals surface area contributed by atoms with Gasteiger partial charge in [-0.3, -0.25) is 10.1 Å². The molecule has 2 aromatic heterocycles. The Hall–Kier alpha value is -1.61. The topological polar surface area (TPSA) is 92.9 Å². The van der Waals surface area contributed by atoms with Crippen LogP contribution in [0, 0.1) is 6.92 Å². The van der Waals surface area contributed by atoms with E-state index in [9.17, 15) is 4.79 Å². The molecule has 1 amide bonds. The molecule has 1 unspecified atom stereocenters. The van der Waals surface area contributed by atoms with E-state index >= 15 is 0 Å². The number of hydrogen-bond donors (Lipinski definition) is 2. The molecule has 0 radical (unpaired) electrons. The highest BCUT2D eigenvalue weighted by Crippen LogP contribution is 2.29. The molecule has 0 aliphatic heterocycles. The zero-order chi connectivity index (χ0) is 13.8. The van der Waals surface area contributed by atoms with Gasteiger partial charge in [-0.25, -0.2) is 0 Å². The Morgan fingerprint density at radius 1 is 1.53 bits per heavy atom. The molecule has 19 heavy (non-hydrogen) atoms. The molecule has 102 valence electrons. The summed E-state index contributed by atoms with van der Waals surface area (Å²) in [5.41, 5.74) is 0.721. The summed E-state index contributed by atoms with van der Waals surface area (Å²) in [6.07, 6.45) is 0. The maximum absolute atomic E-state index is 11.9. The molecule has 2 rings (SSSR count). The lowest BCUT2D eigenvalue weighted by atomic mass is 10.4. The molecule has 7 nitrogen and oxygen atoms in total. The summed E-state index contributed by atoms with van der Waals surface area (Å²) < 4.78 is 5.67. The van der Waals surface area contributed by atoms with Crippen LogP contribution in [0.5, 0.6) is 0 Å². The summed E-state index contributed by atoms with van der Waals surface area (Å²) in [5.74, 6) is 0.186. The van der Waals surface area contributed by atoms with Gasteiger partial charge < -0.3 is 9.84 Å². The van der Waals surface area contributed by atoms with Crippen molar-refractivity contribution >= 4 is 40.0 Å². The molecule has 2 N–H and O–H groups in total. The minimum atomic E-state index is -0.303. The number of aryl methyl sites for hydroxylation is 1. The van der Waals surface area contributed by atoms with Crippen molar-refractivity contribution < 1.29 is 9.32 Å². The molecule has 0 saturated carbocycles. The molecule has 0 bridgehead atoms. The fraction of sp³-hybridized carbons (Fsp3) is 0.400. The number of hydrogen-bond acceptors (Lipinski definition) is 8. The van der Waals surface area contributed by atoms with Gasteiger partial charge >= 0.3 is 0 Å². The van der Waals surface area contributed by atoms with Crippen molar-refractivity contribution in [3.05, 3.63) is 11.8 Å². The van der Waals surface area contributed by atoms with Crippen LogP contribution in [0.2, 0.25) is 0 Å². The van der Waals surface area contributed by atoms with Crippen LogP contribution in [0.15, 0.2) is 14.9 Å². The van der Waals surface area contributed by atoms with Gasteiger partial charge in [-0.2, -0.15) is 0 Å². The number of aromatic nitrogens is 3. The zero-order valence-corrected chi connectivity index (χ0v) is 12.3. The van der Waals surface area contributed by atoms with Crippen LogP contribution < -0.4 is 10.6 Å². The van der Waals surface area contributed by atoms with E-state index in [0.29, 0.717) is 5.88 Å². The second-order valence-corrected chi connectivity index (χ2v) is 6.27. The molecule has 0 aromatic carbocycles. The Morgan fingerprint density at radius 3 is 2.89 bits per heavy atom. The van der Waals surface area contributed by atoms with Gasteiger partial charge in [0.2, 0.25) is 16.9 Å². The second-order valence-electron chi connectivity index (χ2n) is 3.70. The Labute approximate surface area is 118 Å². The quantitative estimate of drug-likeness (QED) is 0.815. The second kappa shape index (κ2) is 6.02. The van der Waals surface area contributed by atoms with Gasteiger partial charge in [0, 0.05) is 13.1 Å². The van der Waals surface area contributed by atoms with Crippen LogP contribution in [0.4, 0.5) is 11.0 Å². The first kappa shape index (κ1) is 13.8. The number of amides is 1. The van der Waals surface area contributed by atoms with E-state index in [2.05, 4.69) is 26.0 Å². The summed E-state index contributed by atoms with van der Waals surface area (Å²) in [6.45, 7) is 3.58. The summed E-state index contributed by atoms with van der Waals surface area (Å²) in [5, 5.41) is 17.6. The molecular weight excluding hydrogens is 286 g/mol. The Balaban J connectivity index is 1.91. The molecule has 0 saturated heterocycles. The Kier molecular flexibility index (Phi) is 4.38. The van der Waals surface area contributed by atoms with Crippen LogP contribution in [-0.2, 0) is 4.79 Å². The first-order chi connectivity index (χ1) is 9.08. The summed E-state index contributed by atoms with van der Waals surface area (Å²) in [4.78, 5) is 11.9. The summed E-state index contributed by atoms with van der Waals surface area (Å²) >= 11 is 2.75. The van der Waals surface area contributed by atoms with E-state index in [4.69, 9.17) is 4.52 Å². The lowest BCUT2D eigenvalue weighted by Gasteiger charge is -2.07. The van der Waals surface area contributed by atoms with Gasteiger partial charge in [0.25, 0.3) is 0 Å². The Morgan fingerprint density at radius 2 is 2.32 bits per heavy atom. The maximum Gasteiger partial charge on any atom is 0.240 e. The van der Waals surface area contributed by atoms with Gasteiger partial charge in [0.1, 0.15) is 0 Å². The monoisotopic (exact) mass is 299 g/mol. The van der Waals surface area contributed by atoms with Crippen molar-refractivity contribution in [2.45, 2.75) is 23.4 Å². The first-order valence-electron chi connectivity index (χ1n) is 5.50.